The number of methoxy groups -OCH3 is 1. The number of halogens is 2. The summed E-state index contributed by atoms with van der Waals surface area (Å²) in [4.78, 5) is 25.9. The SMILES string of the molecule is CCN(CC(=O)Nc1c(F)cccc1F)C(=O)Cc1ccccc1OC. The summed E-state index contributed by atoms with van der Waals surface area (Å²) in [6.45, 7) is 1.69. The lowest BCUT2D eigenvalue weighted by molar-refractivity contribution is -0.133. The molecule has 0 unspecified atom stereocenters. The van der Waals surface area contributed by atoms with Gasteiger partial charge >= 0.3 is 0 Å². The Morgan fingerprint density at radius 3 is 2.35 bits per heavy atom. The molecule has 2 aromatic rings. The minimum atomic E-state index is -0.873. The number of nitrogens with one attached hydrogen (secondary N) is 1. The Morgan fingerprint density at radius 2 is 1.73 bits per heavy atom. The zero-order chi connectivity index (χ0) is 19.1. The Hall–Kier alpha value is -2.96. The van der Waals surface area contributed by atoms with Crippen LogP contribution in [0.3, 0.4) is 0 Å². The van der Waals surface area contributed by atoms with Gasteiger partial charge < -0.3 is 15.0 Å². The van der Waals surface area contributed by atoms with Crippen molar-refractivity contribution in [3.8, 4) is 5.75 Å². The van der Waals surface area contributed by atoms with Crippen LogP contribution in [0.1, 0.15) is 12.5 Å². The molecule has 26 heavy (non-hydrogen) atoms. The molecule has 0 aliphatic carbocycles. The summed E-state index contributed by atoms with van der Waals surface area (Å²) >= 11 is 0. The van der Waals surface area contributed by atoms with Gasteiger partial charge in [0.1, 0.15) is 23.1 Å². The molecule has 2 aromatic carbocycles. The fraction of sp³-hybridized carbons (Fsp3) is 0.263. The minimum Gasteiger partial charge on any atom is -0.496 e. The monoisotopic (exact) mass is 362 g/mol. The highest BCUT2D eigenvalue weighted by molar-refractivity contribution is 5.95. The van der Waals surface area contributed by atoms with Crippen molar-refractivity contribution in [1.82, 2.24) is 4.90 Å². The number of ether oxygens (including phenoxy) is 1. The van der Waals surface area contributed by atoms with E-state index in [1.165, 1.54) is 18.1 Å². The third-order valence-electron chi connectivity index (χ3n) is 3.83. The number of hydrogen-bond acceptors (Lipinski definition) is 3. The molecule has 5 nitrogen and oxygen atoms in total. The zero-order valence-corrected chi connectivity index (χ0v) is 14.6. The Bertz CT molecular complexity index is 776. The first kappa shape index (κ1) is 19.4. The average Bonchev–Trinajstić information content (AvgIpc) is 2.63. The summed E-state index contributed by atoms with van der Waals surface area (Å²) in [6, 6.07) is 10.4. The molecule has 138 valence electrons. The second-order valence-corrected chi connectivity index (χ2v) is 5.54. The number of amides is 2. The second kappa shape index (κ2) is 8.94. The van der Waals surface area contributed by atoms with Crippen LogP contribution in [0.2, 0.25) is 0 Å². The van der Waals surface area contributed by atoms with Crippen LogP contribution < -0.4 is 10.1 Å². The molecule has 0 fully saturated rings. The van der Waals surface area contributed by atoms with E-state index in [-0.39, 0.29) is 25.4 Å². The van der Waals surface area contributed by atoms with Crippen molar-refractivity contribution in [3.05, 3.63) is 59.7 Å². The largest absolute Gasteiger partial charge is 0.496 e. The van der Waals surface area contributed by atoms with Crippen molar-refractivity contribution >= 4 is 17.5 Å². The molecule has 0 radical (unpaired) electrons. The van der Waals surface area contributed by atoms with Gasteiger partial charge in [-0.1, -0.05) is 24.3 Å². The molecule has 7 heteroatoms. The van der Waals surface area contributed by atoms with E-state index in [1.807, 2.05) is 0 Å². The third kappa shape index (κ3) is 4.78. The number of hydrogen-bond donors (Lipinski definition) is 1. The lowest BCUT2D eigenvalue weighted by atomic mass is 10.1. The van der Waals surface area contributed by atoms with Gasteiger partial charge in [-0.15, -0.1) is 0 Å². The van der Waals surface area contributed by atoms with Gasteiger partial charge in [0, 0.05) is 12.1 Å². The number of nitrogens with zero attached hydrogens (tertiary/aromatic N) is 1. The van der Waals surface area contributed by atoms with E-state index in [0.29, 0.717) is 11.3 Å². The van der Waals surface area contributed by atoms with Gasteiger partial charge in [-0.2, -0.15) is 0 Å². The summed E-state index contributed by atoms with van der Waals surface area (Å²) in [5, 5.41) is 2.18. The van der Waals surface area contributed by atoms with Crippen LogP contribution >= 0.6 is 0 Å². The zero-order valence-electron chi connectivity index (χ0n) is 14.6. The molecule has 0 spiro atoms. The molecular formula is C19H20F2N2O3. The average molecular weight is 362 g/mol. The molecule has 1 N–H and O–H groups in total. The molecule has 0 saturated carbocycles. The number of benzene rings is 2. The van der Waals surface area contributed by atoms with Crippen LogP contribution in [-0.2, 0) is 16.0 Å². The van der Waals surface area contributed by atoms with Crippen molar-refractivity contribution in [1.29, 1.82) is 0 Å². The first-order chi connectivity index (χ1) is 12.5. The number of carbonyl (C=O) groups is 2. The third-order valence-corrected chi connectivity index (χ3v) is 3.83. The van der Waals surface area contributed by atoms with E-state index in [2.05, 4.69) is 5.32 Å². The minimum absolute atomic E-state index is 0.0548. The van der Waals surface area contributed by atoms with Crippen molar-refractivity contribution in [2.45, 2.75) is 13.3 Å². The molecule has 0 saturated heterocycles. The van der Waals surface area contributed by atoms with Gasteiger partial charge in [-0.25, -0.2) is 8.78 Å². The van der Waals surface area contributed by atoms with E-state index in [1.54, 1.807) is 31.2 Å². The number of rotatable bonds is 7. The lowest BCUT2D eigenvalue weighted by Crippen LogP contribution is -2.39. The summed E-state index contributed by atoms with van der Waals surface area (Å²) in [6.07, 6.45) is 0.0548. The van der Waals surface area contributed by atoms with Crippen molar-refractivity contribution < 1.29 is 23.1 Å². The highest BCUT2D eigenvalue weighted by Crippen LogP contribution is 2.19. The van der Waals surface area contributed by atoms with Gasteiger partial charge in [-0.3, -0.25) is 9.59 Å². The topological polar surface area (TPSA) is 58.6 Å². The maximum absolute atomic E-state index is 13.6. The van der Waals surface area contributed by atoms with Gasteiger partial charge in [0.15, 0.2) is 0 Å². The highest BCUT2D eigenvalue weighted by Gasteiger charge is 2.19. The molecule has 0 aromatic heterocycles. The second-order valence-electron chi connectivity index (χ2n) is 5.54. The van der Waals surface area contributed by atoms with Gasteiger partial charge in [0.25, 0.3) is 0 Å². The van der Waals surface area contributed by atoms with E-state index >= 15 is 0 Å². The Kier molecular flexibility index (Phi) is 6.66. The summed E-state index contributed by atoms with van der Waals surface area (Å²) in [5.41, 5.74) is 0.171. The number of para-hydroxylation sites is 2. The van der Waals surface area contributed by atoms with E-state index in [9.17, 15) is 18.4 Å². The molecular weight excluding hydrogens is 342 g/mol. The number of carbonyl (C=O) groups excluding carboxylic acids is 2. The predicted molar refractivity (Wildman–Crippen MR) is 93.9 cm³/mol. The molecule has 0 aliphatic heterocycles. The quantitative estimate of drug-likeness (QED) is 0.824. The molecule has 0 aliphatic rings. The predicted octanol–water partition coefficient (Wildman–Crippen LogP) is 3.00. The maximum Gasteiger partial charge on any atom is 0.244 e. The molecule has 2 rings (SSSR count). The van der Waals surface area contributed by atoms with Crippen LogP contribution in [0.15, 0.2) is 42.5 Å². The van der Waals surface area contributed by atoms with Crippen LogP contribution in [0.25, 0.3) is 0 Å². The van der Waals surface area contributed by atoms with Gasteiger partial charge in [0.05, 0.1) is 20.1 Å². The van der Waals surface area contributed by atoms with Crippen molar-refractivity contribution in [2.75, 3.05) is 25.5 Å². The van der Waals surface area contributed by atoms with Crippen LogP contribution in [0, 0.1) is 11.6 Å². The van der Waals surface area contributed by atoms with Gasteiger partial charge in [-0.05, 0) is 25.1 Å². The number of likely N-dealkylation sites (N-methyl/N-ethyl adjacent to an activating group) is 1. The smallest absolute Gasteiger partial charge is 0.244 e. The fourth-order valence-corrected chi connectivity index (χ4v) is 2.47. The first-order valence-corrected chi connectivity index (χ1v) is 8.09. The summed E-state index contributed by atoms with van der Waals surface area (Å²) < 4.78 is 32.4. The van der Waals surface area contributed by atoms with E-state index in [0.717, 1.165) is 12.1 Å². The van der Waals surface area contributed by atoms with E-state index in [4.69, 9.17) is 4.74 Å². The van der Waals surface area contributed by atoms with Crippen molar-refractivity contribution in [3.63, 3.8) is 0 Å². The lowest BCUT2D eigenvalue weighted by Gasteiger charge is -2.21. The molecule has 2 amide bonds. The Morgan fingerprint density at radius 1 is 1.08 bits per heavy atom. The normalized spacial score (nSPS) is 10.3. The first-order valence-electron chi connectivity index (χ1n) is 8.09. The highest BCUT2D eigenvalue weighted by atomic mass is 19.1. The van der Waals surface area contributed by atoms with E-state index < -0.39 is 23.2 Å². The standard InChI is InChI=1S/C19H20F2N2O3/c1-3-23(18(25)11-13-7-4-5-10-16(13)26-2)12-17(24)22-19-14(20)8-6-9-15(19)21/h4-10H,3,11-12H2,1-2H3,(H,22,24). The van der Waals surface area contributed by atoms with Crippen molar-refractivity contribution in [2.24, 2.45) is 0 Å². The molecule has 0 atom stereocenters. The fourth-order valence-electron chi connectivity index (χ4n) is 2.47. The molecule has 0 bridgehead atoms. The Labute approximate surface area is 150 Å². The summed E-state index contributed by atoms with van der Waals surface area (Å²) in [7, 11) is 1.51. The summed E-state index contributed by atoms with van der Waals surface area (Å²) in [5.74, 6) is -2.14. The maximum atomic E-state index is 13.6. The molecule has 0 heterocycles. The van der Waals surface area contributed by atoms with Crippen LogP contribution in [0.5, 0.6) is 5.75 Å². The van der Waals surface area contributed by atoms with Crippen LogP contribution in [-0.4, -0.2) is 36.9 Å². The Balaban J connectivity index is 2.04. The van der Waals surface area contributed by atoms with Gasteiger partial charge in [0.2, 0.25) is 11.8 Å². The van der Waals surface area contributed by atoms with Crippen LogP contribution in [0.4, 0.5) is 14.5 Å². The number of anilines is 1.